The van der Waals surface area contributed by atoms with Crippen LogP contribution in [-0.4, -0.2) is 40.6 Å². The van der Waals surface area contributed by atoms with E-state index in [1.54, 1.807) is 0 Å². The summed E-state index contributed by atoms with van der Waals surface area (Å²) in [4.78, 5) is 6.89. The summed E-state index contributed by atoms with van der Waals surface area (Å²) in [6.45, 7) is 3.36. The Morgan fingerprint density at radius 2 is 2.16 bits per heavy atom. The van der Waals surface area contributed by atoms with E-state index in [1.807, 2.05) is 12.5 Å². The van der Waals surface area contributed by atoms with Crippen LogP contribution >= 0.6 is 0 Å². The van der Waals surface area contributed by atoms with Crippen molar-refractivity contribution in [1.82, 2.24) is 19.8 Å². The zero-order valence-electron chi connectivity index (χ0n) is 12.0. The normalized spacial score (nSPS) is 24.6. The molecule has 4 nitrogen and oxygen atoms in total. The van der Waals surface area contributed by atoms with Gasteiger partial charge in [0.25, 0.3) is 0 Å². The van der Waals surface area contributed by atoms with E-state index in [0.29, 0.717) is 6.04 Å². The molecular weight excluding hydrogens is 236 g/mol. The highest BCUT2D eigenvalue weighted by Crippen LogP contribution is 2.24. The Morgan fingerprint density at radius 1 is 1.32 bits per heavy atom. The first-order valence-corrected chi connectivity index (χ1v) is 7.78. The van der Waals surface area contributed by atoms with E-state index in [1.165, 1.54) is 44.2 Å². The minimum absolute atomic E-state index is 0.527. The molecule has 1 aliphatic carbocycles. The second-order valence-electron chi connectivity index (χ2n) is 6.08. The monoisotopic (exact) mass is 262 g/mol. The van der Waals surface area contributed by atoms with Gasteiger partial charge in [0.1, 0.15) is 0 Å². The van der Waals surface area contributed by atoms with Crippen molar-refractivity contribution in [3.63, 3.8) is 0 Å². The lowest BCUT2D eigenvalue weighted by Gasteiger charge is -2.25. The topological polar surface area (TPSA) is 33.1 Å². The van der Waals surface area contributed by atoms with E-state index < -0.39 is 0 Å². The highest BCUT2D eigenvalue weighted by Gasteiger charge is 2.21. The maximum absolute atomic E-state index is 4.35. The van der Waals surface area contributed by atoms with Crippen LogP contribution in [-0.2, 0) is 6.54 Å². The van der Waals surface area contributed by atoms with Crippen LogP contribution in [0.3, 0.4) is 0 Å². The lowest BCUT2D eigenvalue weighted by atomic mass is 10.2. The van der Waals surface area contributed by atoms with Crippen LogP contribution in [0.1, 0.15) is 50.3 Å². The van der Waals surface area contributed by atoms with Crippen molar-refractivity contribution in [2.45, 2.75) is 57.2 Å². The van der Waals surface area contributed by atoms with Gasteiger partial charge in [0.2, 0.25) is 0 Å². The third-order valence-corrected chi connectivity index (χ3v) is 4.80. The van der Waals surface area contributed by atoms with Gasteiger partial charge < -0.3 is 14.8 Å². The lowest BCUT2D eigenvalue weighted by molar-refractivity contribution is 0.235. The van der Waals surface area contributed by atoms with Gasteiger partial charge in [0.15, 0.2) is 0 Å². The van der Waals surface area contributed by atoms with Gasteiger partial charge in [-0.05, 0) is 39.3 Å². The number of hydrogen-bond donors (Lipinski definition) is 1. The molecule has 1 aliphatic heterocycles. The molecule has 0 amide bonds. The van der Waals surface area contributed by atoms with Gasteiger partial charge in [-0.15, -0.1) is 0 Å². The van der Waals surface area contributed by atoms with Crippen LogP contribution in [0.4, 0.5) is 0 Å². The van der Waals surface area contributed by atoms with Crippen LogP contribution in [0.25, 0.3) is 0 Å². The van der Waals surface area contributed by atoms with Crippen LogP contribution in [0, 0.1) is 0 Å². The molecule has 4 heteroatoms. The molecule has 0 aromatic carbocycles. The molecule has 1 atom stereocenters. The largest absolute Gasteiger partial charge is 0.332 e. The average Bonchev–Trinajstić information content (AvgIpc) is 3.14. The summed E-state index contributed by atoms with van der Waals surface area (Å²) in [5, 5.41) is 3.57. The van der Waals surface area contributed by atoms with Crippen molar-refractivity contribution in [3.8, 4) is 0 Å². The zero-order chi connectivity index (χ0) is 13.1. The number of nitrogens with zero attached hydrogens (tertiary/aromatic N) is 3. The van der Waals surface area contributed by atoms with Gasteiger partial charge in [-0.1, -0.05) is 12.8 Å². The molecule has 0 radical (unpaired) electrons. The first-order valence-electron chi connectivity index (χ1n) is 7.78. The number of nitrogens with one attached hydrogen (secondary N) is 1. The van der Waals surface area contributed by atoms with E-state index in [0.717, 1.165) is 25.7 Å². The predicted molar refractivity (Wildman–Crippen MR) is 77.1 cm³/mol. The van der Waals surface area contributed by atoms with Crippen molar-refractivity contribution < 1.29 is 0 Å². The maximum atomic E-state index is 4.35. The molecule has 3 rings (SSSR count). The number of rotatable bonds is 5. The van der Waals surface area contributed by atoms with E-state index in [2.05, 4.69) is 26.8 Å². The quantitative estimate of drug-likeness (QED) is 0.883. The minimum Gasteiger partial charge on any atom is -0.332 e. The van der Waals surface area contributed by atoms with Crippen LogP contribution < -0.4 is 5.32 Å². The summed E-state index contributed by atoms with van der Waals surface area (Å²) < 4.78 is 2.34. The Hall–Kier alpha value is -0.870. The van der Waals surface area contributed by atoms with E-state index in [-0.39, 0.29) is 0 Å². The lowest BCUT2D eigenvalue weighted by Crippen LogP contribution is -2.32. The van der Waals surface area contributed by atoms with Gasteiger partial charge in [0, 0.05) is 31.4 Å². The van der Waals surface area contributed by atoms with Crippen molar-refractivity contribution in [1.29, 1.82) is 0 Å². The molecule has 1 saturated carbocycles. The molecule has 1 saturated heterocycles. The summed E-state index contributed by atoms with van der Waals surface area (Å²) in [6.07, 6.45) is 12.2. The molecule has 2 aliphatic rings. The second-order valence-corrected chi connectivity index (χ2v) is 6.08. The molecule has 2 heterocycles. The van der Waals surface area contributed by atoms with E-state index in [4.69, 9.17) is 0 Å². The SMILES string of the molecule is CN(CCn1cncc1[C@@H]1CCCN1)C1CCCC1. The Labute approximate surface area is 116 Å². The fraction of sp³-hybridized carbons (Fsp3) is 0.800. The second kappa shape index (κ2) is 6.06. The Balaban J connectivity index is 1.56. The molecule has 2 fully saturated rings. The van der Waals surface area contributed by atoms with E-state index in [9.17, 15) is 0 Å². The third-order valence-electron chi connectivity index (χ3n) is 4.80. The molecule has 106 valence electrons. The Bertz CT molecular complexity index is 389. The average molecular weight is 262 g/mol. The smallest absolute Gasteiger partial charge is 0.0949 e. The van der Waals surface area contributed by atoms with Crippen LogP contribution in [0.2, 0.25) is 0 Å². The number of hydrogen-bond acceptors (Lipinski definition) is 3. The minimum atomic E-state index is 0.527. The fourth-order valence-corrected chi connectivity index (χ4v) is 3.54. The molecule has 19 heavy (non-hydrogen) atoms. The predicted octanol–water partition coefficient (Wildman–Crippen LogP) is 2.18. The fourth-order valence-electron chi connectivity index (χ4n) is 3.54. The summed E-state index contributed by atoms with van der Waals surface area (Å²) in [5.41, 5.74) is 1.37. The first kappa shape index (κ1) is 13.1. The van der Waals surface area contributed by atoms with Crippen LogP contribution in [0.15, 0.2) is 12.5 Å². The van der Waals surface area contributed by atoms with Gasteiger partial charge in [0.05, 0.1) is 12.0 Å². The molecular formula is C15H26N4. The summed E-state index contributed by atoms with van der Waals surface area (Å²) in [6, 6.07) is 1.34. The molecule has 1 N–H and O–H groups in total. The molecule has 0 spiro atoms. The maximum Gasteiger partial charge on any atom is 0.0949 e. The number of aromatic nitrogens is 2. The summed E-state index contributed by atoms with van der Waals surface area (Å²) >= 11 is 0. The molecule has 1 aromatic rings. The summed E-state index contributed by atoms with van der Waals surface area (Å²) in [7, 11) is 2.28. The van der Waals surface area contributed by atoms with Gasteiger partial charge in [-0.25, -0.2) is 4.98 Å². The molecule has 0 unspecified atom stereocenters. The molecule has 0 bridgehead atoms. The number of likely N-dealkylation sites (N-methyl/N-ethyl adjacent to an activating group) is 1. The molecule has 1 aromatic heterocycles. The van der Waals surface area contributed by atoms with Gasteiger partial charge in [-0.2, -0.15) is 0 Å². The Kier molecular flexibility index (Phi) is 4.18. The highest BCUT2D eigenvalue weighted by molar-refractivity contribution is 5.07. The van der Waals surface area contributed by atoms with Crippen molar-refractivity contribution in [3.05, 3.63) is 18.2 Å². The third kappa shape index (κ3) is 3.00. The standard InChI is InChI=1S/C15H26N4/c1-18(13-5-2-3-6-13)9-10-19-12-16-11-15(19)14-7-4-8-17-14/h11-14,17H,2-10H2,1H3/t14-/m0/s1. The van der Waals surface area contributed by atoms with Crippen molar-refractivity contribution in [2.24, 2.45) is 0 Å². The van der Waals surface area contributed by atoms with Crippen molar-refractivity contribution in [2.75, 3.05) is 20.1 Å². The Morgan fingerprint density at radius 3 is 2.89 bits per heavy atom. The summed E-state index contributed by atoms with van der Waals surface area (Å²) in [5.74, 6) is 0. The first-order chi connectivity index (χ1) is 9.34. The van der Waals surface area contributed by atoms with Gasteiger partial charge in [-0.3, -0.25) is 0 Å². The van der Waals surface area contributed by atoms with Gasteiger partial charge >= 0.3 is 0 Å². The van der Waals surface area contributed by atoms with Crippen molar-refractivity contribution >= 4 is 0 Å². The van der Waals surface area contributed by atoms with Crippen LogP contribution in [0.5, 0.6) is 0 Å². The number of imidazole rings is 1. The van der Waals surface area contributed by atoms with E-state index >= 15 is 0 Å². The highest BCUT2D eigenvalue weighted by atomic mass is 15.2. The zero-order valence-corrected chi connectivity index (χ0v) is 12.0.